The average molecular weight is 399 g/mol. The number of aliphatic hydroxyl groups excluding tert-OH is 1. The molecule has 152 valence electrons. The third-order valence-corrected chi connectivity index (χ3v) is 5.72. The lowest BCUT2D eigenvalue weighted by molar-refractivity contribution is 0.199. The third kappa shape index (κ3) is 3.56. The first-order valence-electron chi connectivity index (χ1n) is 10.4. The van der Waals surface area contributed by atoms with Crippen molar-refractivity contribution in [2.75, 3.05) is 31.1 Å². The van der Waals surface area contributed by atoms with Crippen LogP contribution in [0.15, 0.2) is 67.1 Å². The number of nitrogens with one attached hydrogen (secondary N) is 1. The topological polar surface area (TPSA) is 65.7 Å². The Morgan fingerprint density at radius 1 is 0.967 bits per heavy atom. The zero-order valence-electron chi connectivity index (χ0n) is 17.0. The van der Waals surface area contributed by atoms with Crippen molar-refractivity contribution in [1.82, 2.24) is 19.9 Å². The number of aromatic nitrogens is 3. The second-order valence-corrected chi connectivity index (χ2v) is 7.75. The number of piperazine rings is 1. The number of nitrogens with zero attached hydrogens (tertiary/aromatic N) is 4. The van der Waals surface area contributed by atoms with E-state index in [1.807, 2.05) is 47.4 Å². The molecule has 6 heteroatoms. The van der Waals surface area contributed by atoms with Gasteiger partial charge in [0.1, 0.15) is 0 Å². The van der Waals surface area contributed by atoms with Crippen LogP contribution >= 0.6 is 0 Å². The van der Waals surface area contributed by atoms with Crippen LogP contribution in [-0.4, -0.2) is 45.9 Å². The third-order valence-electron chi connectivity index (χ3n) is 5.72. The summed E-state index contributed by atoms with van der Waals surface area (Å²) in [6.07, 6.45) is 5.25. The Labute approximate surface area is 175 Å². The van der Waals surface area contributed by atoms with Gasteiger partial charge in [-0.05, 0) is 41.8 Å². The van der Waals surface area contributed by atoms with E-state index in [-0.39, 0.29) is 0 Å². The van der Waals surface area contributed by atoms with E-state index in [0.29, 0.717) is 0 Å². The molecule has 0 spiro atoms. The molecule has 1 atom stereocenters. The molecule has 5 rings (SSSR count). The molecule has 4 aromatic rings. The highest BCUT2D eigenvalue weighted by molar-refractivity contribution is 5.78. The van der Waals surface area contributed by atoms with Crippen LogP contribution in [0.2, 0.25) is 0 Å². The smallest absolute Gasteiger partial charge is 0.162 e. The van der Waals surface area contributed by atoms with E-state index in [4.69, 9.17) is 4.98 Å². The highest BCUT2D eigenvalue weighted by Crippen LogP contribution is 2.28. The Morgan fingerprint density at radius 3 is 2.53 bits per heavy atom. The number of fused-ring (bicyclic) bond motifs is 1. The Balaban J connectivity index is 1.44. The fraction of sp³-hybridized carbons (Fsp3) is 0.250. The predicted molar refractivity (Wildman–Crippen MR) is 120 cm³/mol. The van der Waals surface area contributed by atoms with Crippen LogP contribution in [0.5, 0.6) is 0 Å². The van der Waals surface area contributed by atoms with Crippen molar-refractivity contribution in [3.05, 3.63) is 72.7 Å². The zero-order chi connectivity index (χ0) is 20.5. The van der Waals surface area contributed by atoms with Crippen molar-refractivity contribution >= 4 is 11.3 Å². The van der Waals surface area contributed by atoms with E-state index < -0.39 is 6.10 Å². The van der Waals surface area contributed by atoms with Gasteiger partial charge in [-0.2, -0.15) is 5.10 Å². The second kappa shape index (κ2) is 7.89. The highest BCUT2D eigenvalue weighted by Gasteiger charge is 2.13. The van der Waals surface area contributed by atoms with E-state index in [0.717, 1.165) is 59.6 Å². The molecule has 0 amide bonds. The molecule has 1 aliphatic rings. The number of anilines is 1. The first-order chi connectivity index (χ1) is 14.7. The fourth-order valence-corrected chi connectivity index (χ4v) is 3.98. The number of aliphatic hydroxyl groups is 1. The van der Waals surface area contributed by atoms with E-state index in [1.165, 1.54) is 5.69 Å². The monoisotopic (exact) mass is 399 g/mol. The first-order valence-corrected chi connectivity index (χ1v) is 10.4. The molecular formula is C24H25N5O. The molecule has 30 heavy (non-hydrogen) atoms. The molecule has 6 nitrogen and oxygen atoms in total. The Morgan fingerprint density at radius 2 is 1.77 bits per heavy atom. The molecule has 1 unspecified atom stereocenters. The van der Waals surface area contributed by atoms with E-state index in [9.17, 15) is 5.11 Å². The minimum atomic E-state index is -0.504. The standard InChI is InChI=1S/C24H25N5O/c1-17(30)19-3-2-4-20(13-19)23-15-27-29-16-21(14-26-24(23)29)18-5-7-22(8-6-18)28-11-9-25-10-12-28/h2-8,13-17,25,30H,9-12H2,1H3. The van der Waals surface area contributed by atoms with Crippen LogP contribution in [-0.2, 0) is 0 Å². The maximum absolute atomic E-state index is 9.88. The van der Waals surface area contributed by atoms with Gasteiger partial charge in [-0.1, -0.05) is 30.3 Å². The highest BCUT2D eigenvalue weighted by atomic mass is 16.3. The molecule has 3 heterocycles. The first kappa shape index (κ1) is 18.8. The quantitative estimate of drug-likeness (QED) is 0.550. The van der Waals surface area contributed by atoms with Gasteiger partial charge in [0, 0.05) is 55.4 Å². The Bertz CT molecular complexity index is 1160. The van der Waals surface area contributed by atoms with Gasteiger partial charge in [0.25, 0.3) is 0 Å². The van der Waals surface area contributed by atoms with E-state index in [2.05, 4.69) is 39.6 Å². The summed E-state index contributed by atoms with van der Waals surface area (Å²) < 4.78 is 1.82. The molecule has 1 saturated heterocycles. The van der Waals surface area contributed by atoms with Gasteiger partial charge in [0.05, 0.1) is 12.3 Å². The summed E-state index contributed by atoms with van der Waals surface area (Å²) in [5.74, 6) is 0. The van der Waals surface area contributed by atoms with Crippen molar-refractivity contribution in [2.24, 2.45) is 0 Å². The maximum Gasteiger partial charge on any atom is 0.162 e. The molecule has 2 N–H and O–H groups in total. The zero-order valence-corrected chi connectivity index (χ0v) is 17.0. The van der Waals surface area contributed by atoms with E-state index in [1.54, 1.807) is 6.92 Å². The van der Waals surface area contributed by atoms with Crippen LogP contribution < -0.4 is 10.2 Å². The van der Waals surface area contributed by atoms with Crippen molar-refractivity contribution < 1.29 is 5.11 Å². The molecule has 1 fully saturated rings. The lowest BCUT2D eigenvalue weighted by Crippen LogP contribution is -2.43. The Hall–Kier alpha value is -3.22. The van der Waals surface area contributed by atoms with Crippen molar-refractivity contribution in [3.8, 4) is 22.3 Å². The van der Waals surface area contributed by atoms with Gasteiger partial charge < -0.3 is 15.3 Å². The minimum absolute atomic E-state index is 0.504. The number of hydrogen-bond acceptors (Lipinski definition) is 5. The summed E-state index contributed by atoms with van der Waals surface area (Å²) in [5.41, 5.74) is 7.06. The summed E-state index contributed by atoms with van der Waals surface area (Å²) in [4.78, 5) is 7.11. The molecule has 0 aliphatic carbocycles. The molecule has 2 aromatic carbocycles. The molecule has 0 bridgehead atoms. The minimum Gasteiger partial charge on any atom is -0.389 e. The maximum atomic E-state index is 9.88. The summed E-state index contributed by atoms with van der Waals surface area (Å²) in [6, 6.07) is 16.6. The summed E-state index contributed by atoms with van der Waals surface area (Å²) >= 11 is 0. The molecular weight excluding hydrogens is 374 g/mol. The Kier molecular flexibility index (Phi) is 4.94. The van der Waals surface area contributed by atoms with Gasteiger partial charge in [0.2, 0.25) is 0 Å². The molecule has 1 aliphatic heterocycles. The summed E-state index contributed by atoms with van der Waals surface area (Å²) in [5, 5.41) is 17.8. The van der Waals surface area contributed by atoms with Gasteiger partial charge in [-0.25, -0.2) is 9.50 Å². The van der Waals surface area contributed by atoms with Gasteiger partial charge >= 0.3 is 0 Å². The molecule has 0 saturated carbocycles. The van der Waals surface area contributed by atoms with Crippen molar-refractivity contribution in [1.29, 1.82) is 0 Å². The fourth-order valence-electron chi connectivity index (χ4n) is 3.98. The van der Waals surface area contributed by atoms with Crippen LogP contribution in [0.3, 0.4) is 0 Å². The SMILES string of the molecule is CC(O)c1cccc(-c2cnn3cc(-c4ccc(N5CCNCC5)cc4)cnc23)c1. The summed E-state index contributed by atoms with van der Waals surface area (Å²) in [6.45, 7) is 5.92. The predicted octanol–water partition coefficient (Wildman–Crippen LogP) is 3.53. The normalized spacial score (nSPS) is 15.5. The number of hydrogen-bond donors (Lipinski definition) is 2. The van der Waals surface area contributed by atoms with E-state index >= 15 is 0 Å². The van der Waals surface area contributed by atoms with Crippen molar-refractivity contribution in [2.45, 2.75) is 13.0 Å². The van der Waals surface area contributed by atoms with Gasteiger partial charge in [-0.15, -0.1) is 0 Å². The lowest BCUT2D eigenvalue weighted by atomic mass is 10.0. The summed E-state index contributed by atoms with van der Waals surface area (Å²) in [7, 11) is 0. The largest absolute Gasteiger partial charge is 0.389 e. The molecule has 0 radical (unpaired) electrons. The van der Waals surface area contributed by atoms with Crippen molar-refractivity contribution in [3.63, 3.8) is 0 Å². The average Bonchev–Trinajstić information content (AvgIpc) is 3.23. The number of rotatable bonds is 4. The van der Waals surface area contributed by atoms with Crippen LogP contribution in [0.1, 0.15) is 18.6 Å². The van der Waals surface area contributed by atoms with Gasteiger partial charge in [-0.3, -0.25) is 0 Å². The number of benzene rings is 2. The van der Waals surface area contributed by atoms with Gasteiger partial charge in [0.15, 0.2) is 5.65 Å². The van der Waals surface area contributed by atoms with Crippen LogP contribution in [0.4, 0.5) is 5.69 Å². The van der Waals surface area contributed by atoms with Crippen LogP contribution in [0, 0.1) is 0 Å². The second-order valence-electron chi connectivity index (χ2n) is 7.75. The molecule has 2 aromatic heterocycles. The van der Waals surface area contributed by atoms with Crippen LogP contribution in [0.25, 0.3) is 27.9 Å². The lowest BCUT2D eigenvalue weighted by Gasteiger charge is -2.29.